The molecular weight excluding hydrogens is 212 g/mol. The number of carboxylic acids is 1. The van der Waals surface area contributed by atoms with Crippen molar-refractivity contribution in [2.24, 2.45) is 0 Å². The van der Waals surface area contributed by atoms with E-state index in [1.807, 2.05) is 0 Å². The third-order valence-electron chi connectivity index (χ3n) is 3.18. The number of carbonyl (C=O) groups excluding carboxylic acids is 2. The summed E-state index contributed by atoms with van der Waals surface area (Å²) >= 11 is 0. The van der Waals surface area contributed by atoms with Gasteiger partial charge in [-0.05, 0) is 13.3 Å². The van der Waals surface area contributed by atoms with Gasteiger partial charge in [-0.1, -0.05) is 6.92 Å². The van der Waals surface area contributed by atoms with Gasteiger partial charge in [0.15, 0.2) is 0 Å². The van der Waals surface area contributed by atoms with Crippen molar-refractivity contribution in [3.8, 4) is 0 Å². The van der Waals surface area contributed by atoms with Gasteiger partial charge in [0.1, 0.15) is 5.54 Å². The van der Waals surface area contributed by atoms with E-state index in [1.165, 1.54) is 18.9 Å². The van der Waals surface area contributed by atoms with Gasteiger partial charge in [0, 0.05) is 20.1 Å². The topological polar surface area (TPSA) is 77.9 Å². The van der Waals surface area contributed by atoms with E-state index in [1.54, 1.807) is 6.92 Å². The van der Waals surface area contributed by atoms with Gasteiger partial charge in [0.05, 0.1) is 0 Å². The molecule has 16 heavy (non-hydrogen) atoms. The first-order valence-electron chi connectivity index (χ1n) is 5.15. The molecule has 0 spiro atoms. The summed E-state index contributed by atoms with van der Waals surface area (Å²) in [5, 5.41) is 9.14. The third kappa shape index (κ3) is 1.75. The Morgan fingerprint density at radius 2 is 1.94 bits per heavy atom. The number of aliphatic carboxylic acids is 1. The van der Waals surface area contributed by atoms with Crippen molar-refractivity contribution in [3.63, 3.8) is 0 Å². The molecule has 90 valence electrons. The van der Waals surface area contributed by atoms with E-state index in [0.717, 1.165) is 4.90 Å². The molecule has 0 radical (unpaired) electrons. The van der Waals surface area contributed by atoms with E-state index < -0.39 is 23.3 Å². The lowest BCUT2D eigenvalue weighted by molar-refractivity contribution is -0.167. The summed E-state index contributed by atoms with van der Waals surface area (Å²) in [4.78, 5) is 36.8. The van der Waals surface area contributed by atoms with Gasteiger partial charge in [-0.3, -0.25) is 9.59 Å². The number of carbonyl (C=O) groups is 3. The predicted octanol–water partition coefficient (Wildman–Crippen LogP) is -0.460. The normalized spacial score (nSPS) is 20.9. The van der Waals surface area contributed by atoms with Gasteiger partial charge in [-0.2, -0.15) is 0 Å². The van der Waals surface area contributed by atoms with Gasteiger partial charge in [-0.15, -0.1) is 0 Å². The summed E-state index contributed by atoms with van der Waals surface area (Å²) in [7, 11) is 1.53. The monoisotopic (exact) mass is 228 g/mol. The highest BCUT2D eigenvalue weighted by Crippen LogP contribution is 2.22. The van der Waals surface area contributed by atoms with E-state index in [9.17, 15) is 14.4 Å². The maximum atomic E-state index is 11.7. The number of carboxylic acid groups (broad SMARTS) is 1. The first-order chi connectivity index (χ1) is 7.34. The van der Waals surface area contributed by atoms with Crippen LogP contribution in [0.1, 0.15) is 20.3 Å². The molecule has 1 heterocycles. The molecule has 0 aliphatic carbocycles. The predicted molar refractivity (Wildman–Crippen MR) is 55.7 cm³/mol. The molecule has 1 aliphatic rings. The zero-order chi connectivity index (χ0) is 12.5. The second-order valence-electron chi connectivity index (χ2n) is 4.12. The Hall–Kier alpha value is -1.59. The Morgan fingerprint density at radius 3 is 2.38 bits per heavy atom. The van der Waals surface area contributed by atoms with E-state index in [-0.39, 0.29) is 13.0 Å². The van der Waals surface area contributed by atoms with Crippen LogP contribution in [0.25, 0.3) is 0 Å². The first-order valence-corrected chi connectivity index (χ1v) is 5.15. The van der Waals surface area contributed by atoms with Crippen LogP contribution in [0, 0.1) is 0 Å². The fourth-order valence-electron chi connectivity index (χ4n) is 1.66. The summed E-state index contributed by atoms with van der Waals surface area (Å²) in [5.41, 5.74) is -1.30. The summed E-state index contributed by atoms with van der Waals surface area (Å²) in [5.74, 6) is -2.46. The first kappa shape index (κ1) is 12.5. The number of amides is 2. The van der Waals surface area contributed by atoms with Crippen molar-refractivity contribution in [2.75, 3.05) is 20.1 Å². The number of likely N-dealkylation sites (N-methyl/N-ethyl adjacent to an activating group) is 1. The molecule has 0 saturated carbocycles. The maximum absolute atomic E-state index is 11.7. The van der Waals surface area contributed by atoms with Gasteiger partial charge in [0.25, 0.3) is 0 Å². The molecule has 1 atom stereocenters. The minimum absolute atomic E-state index is 0.262. The number of nitrogens with zero attached hydrogens (tertiary/aromatic N) is 2. The molecule has 1 aliphatic heterocycles. The van der Waals surface area contributed by atoms with E-state index in [2.05, 4.69) is 0 Å². The summed E-state index contributed by atoms with van der Waals surface area (Å²) in [6, 6.07) is 0. The molecule has 1 fully saturated rings. The van der Waals surface area contributed by atoms with Crippen LogP contribution >= 0.6 is 0 Å². The minimum Gasteiger partial charge on any atom is -0.480 e. The second kappa shape index (κ2) is 4.11. The van der Waals surface area contributed by atoms with Crippen LogP contribution in [0.15, 0.2) is 0 Å². The zero-order valence-corrected chi connectivity index (χ0v) is 9.69. The molecule has 6 nitrogen and oxygen atoms in total. The molecule has 0 aromatic rings. The van der Waals surface area contributed by atoms with Crippen LogP contribution in [0.5, 0.6) is 0 Å². The Kier molecular flexibility index (Phi) is 3.21. The molecule has 1 N–H and O–H groups in total. The zero-order valence-electron chi connectivity index (χ0n) is 9.69. The summed E-state index contributed by atoms with van der Waals surface area (Å²) in [6.45, 7) is 3.78. The molecule has 1 rings (SSSR count). The molecule has 0 aromatic carbocycles. The fourth-order valence-corrected chi connectivity index (χ4v) is 1.66. The highest BCUT2D eigenvalue weighted by atomic mass is 16.4. The Bertz CT molecular complexity index is 342. The molecule has 1 unspecified atom stereocenters. The van der Waals surface area contributed by atoms with Crippen LogP contribution in [-0.2, 0) is 14.4 Å². The van der Waals surface area contributed by atoms with Crippen LogP contribution < -0.4 is 0 Å². The average molecular weight is 228 g/mol. The fraction of sp³-hybridized carbons (Fsp3) is 0.700. The Labute approximate surface area is 93.8 Å². The van der Waals surface area contributed by atoms with Gasteiger partial charge < -0.3 is 14.9 Å². The molecule has 6 heteroatoms. The number of hydrogen-bond donors (Lipinski definition) is 1. The minimum atomic E-state index is -1.30. The summed E-state index contributed by atoms with van der Waals surface area (Å²) in [6.07, 6.45) is 0.269. The van der Waals surface area contributed by atoms with E-state index in [0.29, 0.717) is 6.54 Å². The Morgan fingerprint density at radius 1 is 1.38 bits per heavy atom. The van der Waals surface area contributed by atoms with Crippen molar-refractivity contribution < 1.29 is 19.5 Å². The second-order valence-corrected chi connectivity index (χ2v) is 4.12. The SMILES string of the molecule is CCC(C)(C(=O)O)N1CCN(C)C(=O)C1=O. The smallest absolute Gasteiger partial charge is 0.329 e. The van der Waals surface area contributed by atoms with Crippen LogP contribution in [0.3, 0.4) is 0 Å². The van der Waals surface area contributed by atoms with Crippen LogP contribution in [-0.4, -0.2) is 58.4 Å². The average Bonchev–Trinajstić information content (AvgIpc) is 2.25. The maximum Gasteiger partial charge on any atom is 0.329 e. The number of rotatable bonds is 3. The van der Waals surface area contributed by atoms with Gasteiger partial charge in [-0.25, -0.2) is 4.79 Å². The molecule has 0 aromatic heterocycles. The molecular formula is C10H16N2O4. The van der Waals surface area contributed by atoms with Crippen molar-refractivity contribution >= 4 is 17.8 Å². The lowest BCUT2D eigenvalue weighted by atomic mass is 9.95. The van der Waals surface area contributed by atoms with Crippen molar-refractivity contribution in [2.45, 2.75) is 25.8 Å². The van der Waals surface area contributed by atoms with E-state index in [4.69, 9.17) is 5.11 Å². The standard InChI is InChI=1S/C10H16N2O4/c1-4-10(2,9(15)16)12-6-5-11(3)7(13)8(12)14/h4-6H2,1-3H3,(H,15,16). The highest BCUT2D eigenvalue weighted by Gasteiger charge is 2.45. The van der Waals surface area contributed by atoms with Crippen molar-refractivity contribution in [1.82, 2.24) is 9.80 Å². The van der Waals surface area contributed by atoms with Crippen LogP contribution in [0.2, 0.25) is 0 Å². The number of piperazine rings is 1. The van der Waals surface area contributed by atoms with Crippen molar-refractivity contribution in [3.05, 3.63) is 0 Å². The molecule has 1 saturated heterocycles. The van der Waals surface area contributed by atoms with Gasteiger partial charge in [0.2, 0.25) is 0 Å². The highest BCUT2D eigenvalue weighted by molar-refractivity contribution is 6.35. The van der Waals surface area contributed by atoms with Gasteiger partial charge >= 0.3 is 17.8 Å². The lowest BCUT2D eigenvalue weighted by Gasteiger charge is -2.41. The summed E-state index contributed by atoms with van der Waals surface area (Å²) < 4.78 is 0. The van der Waals surface area contributed by atoms with Crippen LogP contribution in [0.4, 0.5) is 0 Å². The lowest BCUT2D eigenvalue weighted by Crippen LogP contribution is -2.63. The Balaban J connectivity index is 3.01. The largest absolute Gasteiger partial charge is 0.480 e. The number of hydrogen-bond acceptors (Lipinski definition) is 3. The third-order valence-corrected chi connectivity index (χ3v) is 3.18. The van der Waals surface area contributed by atoms with Crippen molar-refractivity contribution in [1.29, 1.82) is 0 Å². The van der Waals surface area contributed by atoms with E-state index >= 15 is 0 Å². The quantitative estimate of drug-likeness (QED) is 0.663. The molecule has 0 bridgehead atoms. The molecule has 2 amide bonds.